The monoisotopic (exact) mass is 501 g/mol. The van der Waals surface area contributed by atoms with Gasteiger partial charge >= 0.3 is 11.9 Å². The smallest absolute Gasteiger partial charge is 0.303 e. The van der Waals surface area contributed by atoms with Gasteiger partial charge in [-0.3, -0.25) is 9.59 Å². The summed E-state index contributed by atoms with van der Waals surface area (Å²) in [5, 5.41) is 25.3. The van der Waals surface area contributed by atoms with Gasteiger partial charge in [-0.15, -0.1) is 0 Å². The van der Waals surface area contributed by atoms with Crippen molar-refractivity contribution in [2.24, 2.45) is 0 Å². The van der Waals surface area contributed by atoms with Crippen LogP contribution in [0.15, 0.2) is 0 Å². The first kappa shape index (κ1) is 26.9. The topological polar surface area (TPSA) is 115 Å². The van der Waals surface area contributed by atoms with Crippen LogP contribution in [0.25, 0.3) is 0 Å². The molecule has 6 nitrogen and oxygen atoms in total. The second-order valence-electron chi connectivity index (χ2n) is 3.41. The van der Waals surface area contributed by atoms with Gasteiger partial charge in [0.25, 0.3) is 0 Å². The van der Waals surface area contributed by atoms with E-state index in [1.54, 1.807) is 6.92 Å². The van der Waals surface area contributed by atoms with Gasteiger partial charge < -0.3 is 20.1 Å². The first-order valence-electron chi connectivity index (χ1n) is 5.95. The molecule has 0 saturated heterocycles. The Morgan fingerprint density at radius 3 is 1.05 bits per heavy atom. The second-order valence-corrected chi connectivity index (χ2v) is 3.41. The Hall–Kier alpha value is -0.538. The first-order valence-corrected chi connectivity index (χ1v) is 5.95. The molecule has 7 heteroatoms. The van der Waals surface area contributed by atoms with Gasteiger partial charge in [-0.1, -0.05) is 27.2 Å². The Bertz CT molecular complexity index is 192. The van der Waals surface area contributed by atoms with Crippen LogP contribution >= 0.6 is 0 Å². The van der Waals surface area contributed by atoms with Crippen LogP contribution in [0.1, 0.15) is 59.3 Å². The number of hydrogen-bond donors (Lipinski definition) is 2. The predicted octanol–water partition coefficient (Wildman–Crippen LogP) is 1.28. The summed E-state index contributed by atoms with van der Waals surface area (Å²) >= 11 is 0. The third-order valence-corrected chi connectivity index (χ3v) is 1.38. The van der Waals surface area contributed by atoms with E-state index in [0.717, 1.165) is 12.8 Å². The van der Waals surface area contributed by atoms with Gasteiger partial charge in [0.2, 0.25) is 0 Å². The van der Waals surface area contributed by atoms with Crippen molar-refractivity contribution in [3.8, 4) is 0 Å². The molecule has 0 aromatic heterocycles. The fraction of sp³-hybridized carbons (Fsp3) is 0.750. The molecule has 0 fully saturated rings. The molecule has 19 heavy (non-hydrogen) atoms. The van der Waals surface area contributed by atoms with E-state index in [0.29, 0.717) is 19.3 Å². The van der Waals surface area contributed by atoms with Crippen LogP contribution in [0.5, 0.6) is 0 Å². The molecule has 0 unspecified atom stereocenters. The molecule has 0 atom stereocenters. The summed E-state index contributed by atoms with van der Waals surface area (Å²) in [4.78, 5) is 28.7. The van der Waals surface area contributed by atoms with Crippen LogP contribution in [0.2, 0.25) is 0 Å². The molecule has 0 aliphatic heterocycles. The Kier molecular flexibility index (Phi) is 32.1. The molecule has 0 heterocycles. The maximum Gasteiger partial charge on any atom is 0.303 e. The van der Waals surface area contributed by atoms with Crippen LogP contribution < -0.4 is 5.11 Å². The van der Waals surface area contributed by atoms with E-state index in [2.05, 4.69) is 0 Å². The minimum atomic E-state index is -0.961. The van der Waals surface area contributed by atoms with E-state index < -0.39 is 17.9 Å². The largest absolute Gasteiger partial charge is 0.550 e. The molecule has 2 N–H and O–H groups in total. The summed E-state index contributed by atoms with van der Waals surface area (Å²) in [6.07, 6.45) is 2.90. The van der Waals surface area contributed by atoms with Gasteiger partial charge in [0.05, 0.1) is 0 Å². The zero-order valence-electron chi connectivity index (χ0n) is 11.8. The molecular formula is C12H23O6U-. The fourth-order valence-corrected chi connectivity index (χ4v) is 0.632. The average Bonchev–Trinajstić information content (AvgIpc) is 2.18. The molecule has 0 saturated carbocycles. The van der Waals surface area contributed by atoms with Crippen molar-refractivity contribution in [2.75, 3.05) is 0 Å². The van der Waals surface area contributed by atoms with Crippen molar-refractivity contribution in [1.82, 2.24) is 0 Å². The van der Waals surface area contributed by atoms with Gasteiger partial charge in [0, 0.05) is 49.9 Å². The van der Waals surface area contributed by atoms with Crippen molar-refractivity contribution < 1.29 is 60.8 Å². The standard InChI is InChI=1S/3C4H8O2.U/c3*1-2-3-4(5)6;/h3*2-3H2,1H3,(H,5,6);/p-1. The van der Waals surface area contributed by atoms with E-state index in [4.69, 9.17) is 10.2 Å². The van der Waals surface area contributed by atoms with Crippen molar-refractivity contribution in [3.63, 3.8) is 0 Å². The molecule has 0 aliphatic carbocycles. The molecule has 0 aromatic carbocycles. The number of carbonyl (C=O) groups is 3. The summed E-state index contributed by atoms with van der Waals surface area (Å²) in [5.41, 5.74) is 0. The maximum absolute atomic E-state index is 9.60. The van der Waals surface area contributed by atoms with Crippen molar-refractivity contribution in [1.29, 1.82) is 0 Å². The molecule has 112 valence electrons. The Balaban J connectivity index is -0.0000000865. The van der Waals surface area contributed by atoms with E-state index in [-0.39, 0.29) is 37.5 Å². The third-order valence-electron chi connectivity index (χ3n) is 1.38. The van der Waals surface area contributed by atoms with Gasteiger partial charge in [-0.05, 0) is 19.3 Å². The molecule has 0 aliphatic rings. The first-order chi connectivity index (χ1) is 8.31. The zero-order valence-corrected chi connectivity index (χ0v) is 15.9. The van der Waals surface area contributed by atoms with Crippen LogP contribution in [0.4, 0.5) is 0 Å². The van der Waals surface area contributed by atoms with Crippen LogP contribution in [0, 0.1) is 31.1 Å². The van der Waals surface area contributed by atoms with E-state index in [1.165, 1.54) is 0 Å². The molecule has 0 amide bonds. The number of aliphatic carboxylic acids is 3. The van der Waals surface area contributed by atoms with Gasteiger partial charge in [0.15, 0.2) is 0 Å². The van der Waals surface area contributed by atoms with Gasteiger partial charge in [0.1, 0.15) is 0 Å². The molecule has 0 radical (unpaired) electrons. The van der Waals surface area contributed by atoms with Crippen LogP contribution in [0.3, 0.4) is 0 Å². The maximum atomic E-state index is 9.60. The molecule has 0 bridgehead atoms. The number of hydrogen-bond acceptors (Lipinski definition) is 4. The van der Waals surface area contributed by atoms with E-state index >= 15 is 0 Å². The van der Waals surface area contributed by atoms with Crippen molar-refractivity contribution in [2.45, 2.75) is 59.3 Å². The van der Waals surface area contributed by atoms with E-state index in [1.807, 2.05) is 13.8 Å². The van der Waals surface area contributed by atoms with Crippen molar-refractivity contribution >= 4 is 17.9 Å². The second kappa shape index (κ2) is 22.6. The van der Waals surface area contributed by atoms with Crippen molar-refractivity contribution in [3.05, 3.63) is 0 Å². The molecular weight excluding hydrogens is 478 g/mol. The molecule has 0 spiro atoms. The molecule has 0 aromatic rings. The zero-order chi connectivity index (χ0) is 15.0. The predicted molar refractivity (Wildman–Crippen MR) is 65.0 cm³/mol. The van der Waals surface area contributed by atoms with Crippen LogP contribution in [-0.4, -0.2) is 28.1 Å². The Morgan fingerprint density at radius 1 is 0.789 bits per heavy atom. The normalized spacial score (nSPS) is 7.74. The number of carboxylic acid groups (broad SMARTS) is 3. The Morgan fingerprint density at radius 2 is 1.05 bits per heavy atom. The number of carboxylic acids is 3. The summed E-state index contributed by atoms with van der Waals surface area (Å²) in [5.74, 6) is -2.38. The summed E-state index contributed by atoms with van der Waals surface area (Å²) < 4.78 is 0. The average molecular weight is 501 g/mol. The Labute approximate surface area is 138 Å². The quantitative estimate of drug-likeness (QED) is 0.567. The number of rotatable bonds is 6. The molecule has 0 rings (SSSR count). The minimum absolute atomic E-state index is 0. The minimum Gasteiger partial charge on any atom is -0.550 e. The summed E-state index contributed by atoms with van der Waals surface area (Å²) in [6, 6.07) is 0. The fourth-order valence-electron chi connectivity index (χ4n) is 0.632. The SMILES string of the molecule is CCCC(=O)O.CCCC(=O)O.CCCC(=O)[O-].[U]. The van der Waals surface area contributed by atoms with Gasteiger partial charge in [-0.25, -0.2) is 0 Å². The summed E-state index contributed by atoms with van der Waals surface area (Å²) in [6.45, 7) is 5.48. The third kappa shape index (κ3) is 58.3. The van der Waals surface area contributed by atoms with Crippen LogP contribution in [-0.2, 0) is 14.4 Å². The van der Waals surface area contributed by atoms with E-state index in [9.17, 15) is 19.5 Å². The van der Waals surface area contributed by atoms with Gasteiger partial charge in [-0.2, -0.15) is 0 Å². The number of carbonyl (C=O) groups excluding carboxylic acids is 1. The summed E-state index contributed by atoms with van der Waals surface area (Å²) in [7, 11) is 0.